The molecule has 0 aliphatic carbocycles. The molecule has 4 bridgehead atoms. The summed E-state index contributed by atoms with van der Waals surface area (Å²) in [6, 6.07) is -0.130. The van der Waals surface area contributed by atoms with Gasteiger partial charge in [0, 0.05) is 57.1 Å². The van der Waals surface area contributed by atoms with Gasteiger partial charge in [0.1, 0.15) is 25.4 Å². The van der Waals surface area contributed by atoms with E-state index >= 15 is 0 Å². The summed E-state index contributed by atoms with van der Waals surface area (Å²) in [5.41, 5.74) is 5.59. The molecule has 440 valence electrons. The molecule has 4 amide bonds. The summed E-state index contributed by atoms with van der Waals surface area (Å²) in [7, 11) is 0. The summed E-state index contributed by atoms with van der Waals surface area (Å²) in [4.78, 5) is 90.9. The Bertz CT molecular complexity index is 2930. The van der Waals surface area contributed by atoms with Gasteiger partial charge in [0.25, 0.3) is 0 Å². The average molecular weight is 1150 g/mol. The van der Waals surface area contributed by atoms with Crippen LogP contribution in [0.5, 0.6) is 11.8 Å². The first-order valence-corrected chi connectivity index (χ1v) is 25.8. The number of nitrogens with one attached hydrogen (secondary N) is 2. The number of ether oxygens (including phenoxy) is 6. The Morgan fingerprint density at radius 2 is 1.14 bits per heavy atom. The van der Waals surface area contributed by atoms with Crippen molar-refractivity contribution in [2.45, 2.75) is 128 Å². The van der Waals surface area contributed by atoms with Gasteiger partial charge in [0.2, 0.25) is 35.3 Å². The maximum atomic E-state index is 13.5. The van der Waals surface area contributed by atoms with E-state index in [1.807, 2.05) is 32.6 Å². The zero-order valence-corrected chi connectivity index (χ0v) is 44.9. The predicted octanol–water partition coefficient (Wildman–Crippen LogP) is 6.00. The van der Waals surface area contributed by atoms with Crippen molar-refractivity contribution in [1.82, 2.24) is 39.9 Å². The monoisotopic (exact) mass is 1150 g/mol. The number of carbonyl (C=O) groups excluding carboxylic acids is 3. The number of nitrogens with zero attached hydrogens (tertiary/aromatic N) is 12. The number of alkyl halides is 6. The maximum Gasteiger partial charge on any atom is 0.403 e. The van der Waals surface area contributed by atoms with Gasteiger partial charge in [-0.15, -0.1) is 0 Å². The van der Waals surface area contributed by atoms with Crippen molar-refractivity contribution < 1.29 is 79.0 Å². The summed E-state index contributed by atoms with van der Waals surface area (Å²) in [5.74, 6) is -5.11. The van der Waals surface area contributed by atoms with Crippen molar-refractivity contribution in [2.75, 3.05) is 82.8 Å². The van der Waals surface area contributed by atoms with E-state index in [0.29, 0.717) is 50.6 Å². The van der Waals surface area contributed by atoms with Crippen LogP contribution in [0.1, 0.15) is 94.9 Å². The number of anilines is 6. The number of piperidine rings is 2. The van der Waals surface area contributed by atoms with Crippen LogP contribution in [0.4, 0.5) is 70.8 Å². The Balaban J connectivity index is 0.000000192. The van der Waals surface area contributed by atoms with Gasteiger partial charge in [0.05, 0.1) is 61.0 Å². The molecule has 32 heteroatoms. The fraction of sp³-hybridized carbons (Fsp3) is 0.592. The molecular weight excluding hydrogens is 1090 g/mol. The highest BCUT2D eigenvalue weighted by Gasteiger charge is 2.43. The van der Waals surface area contributed by atoms with Gasteiger partial charge >= 0.3 is 30.4 Å². The number of nitrogens with two attached hydrogens (primary N) is 1. The molecule has 4 aromatic heterocycles. The molecule has 6 atom stereocenters. The Morgan fingerprint density at radius 3 is 1.53 bits per heavy atom. The highest BCUT2D eigenvalue weighted by molar-refractivity contribution is 6.05. The molecule has 6 aliphatic heterocycles. The fourth-order valence-corrected chi connectivity index (χ4v) is 9.22. The number of carbonyl (C=O) groups is 4. The lowest BCUT2D eigenvalue weighted by Gasteiger charge is -2.45. The van der Waals surface area contributed by atoms with Gasteiger partial charge in [-0.05, 0) is 60.3 Å². The van der Waals surface area contributed by atoms with Crippen LogP contribution in [-0.4, -0.2) is 176 Å². The van der Waals surface area contributed by atoms with Crippen LogP contribution in [0.3, 0.4) is 0 Å². The second-order valence-corrected chi connectivity index (χ2v) is 20.6. The number of rotatable bonds is 12. The van der Waals surface area contributed by atoms with Crippen LogP contribution in [0.25, 0.3) is 0 Å². The summed E-state index contributed by atoms with van der Waals surface area (Å²) in [6.07, 6.45) is -1.17. The molecule has 6 aliphatic rings. The summed E-state index contributed by atoms with van der Waals surface area (Å²) < 4.78 is 106. The van der Waals surface area contributed by atoms with Crippen molar-refractivity contribution in [3.8, 4) is 11.8 Å². The Kier molecular flexibility index (Phi) is 17.9. The number of halogens is 6. The molecule has 4 saturated heterocycles. The molecule has 4 fully saturated rings. The molecule has 0 radical (unpaired) electrons. The molecule has 4 aromatic rings. The molecule has 81 heavy (non-hydrogen) atoms. The molecule has 0 spiro atoms. The molecule has 5 N–H and O–H groups in total. The van der Waals surface area contributed by atoms with Gasteiger partial charge in [-0.2, -0.15) is 36.3 Å². The first-order valence-electron chi connectivity index (χ1n) is 25.8. The quantitative estimate of drug-likeness (QED) is 0.0933. The number of hydrogen-bond acceptors (Lipinski definition) is 21. The van der Waals surface area contributed by atoms with E-state index < -0.39 is 66.1 Å². The largest absolute Gasteiger partial charge is 0.475 e. The normalized spacial score (nSPS) is 22.1. The second-order valence-electron chi connectivity index (χ2n) is 20.6. The van der Waals surface area contributed by atoms with Crippen LogP contribution < -0.4 is 45.4 Å². The fourth-order valence-electron chi connectivity index (χ4n) is 9.22. The third-order valence-electron chi connectivity index (χ3n) is 13.3. The molecule has 26 nitrogen and oxygen atoms in total. The SMILES string of the molecule is CC1(C)OC[C@H](COc2ccnc(NC(=O)N3c4nc(C(=O)O)ncc4N4CCC[C@H]3C4)n2)O1.C[C@@H](CC(=O)c1ncc2c(n1)N(C(=O)Nc1nccc(OC[C@H]3COC(C)(C)O3)n1)[C@H]1CCCN2C1)C(F)(F)F.C[C@@H](N)C(F)(F)F. The van der Waals surface area contributed by atoms with Crippen molar-refractivity contribution in [3.05, 3.63) is 48.6 Å². The Morgan fingerprint density at radius 1 is 0.704 bits per heavy atom. The number of Topliss-reactive ketones (excluding diaryl/α,β-unsaturated/α-hetero) is 1. The highest BCUT2D eigenvalue weighted by Crippen LogP contribution is 2.40. The number of ketones is 1. The second kappa shape index (κ2) is 24.4. The minimum atomic E-state index is -4.52. The van der Waals surface area contributed by atoms with Crippen LogP contribution in [0, 0.1) is 5.92 Å². The maximum absolute atomic E-state index is 13.5. The smallest absolute Gasteiger partial charge is 0.403 e. The molecular formula is C49H61F6N15O11. The molecule has 0 saturated carbocycles. The van der Waals surface area contributed by atoms with Crippen molar-refractivity contribution in [2.24, 2.45) is 11.7 Å². The van der Waals surface area contributed by atoms with Gasteiger partial charge in [0.15, 0.2) is 29.0 Å². The zero-order valence-electron chi connectivity index (χ0n) is 44.9. The molecule has 0 aromatic carbocycles. The highest BCUT2D eigenvalue weighted by atomic mass is 19.4. The number of hydrogen-bond donors (Lipinski definition) is 4. The number of amides is 4. The third kappa shape index (κ3) is 15.1. The van der Waals surface area contributed by atoms with Gasteiger partial charge < -0.3 is 49.1 Å². The van der Waals surface area contributed by atoms with Crippen molar-refractivity contribution in [1.29, 1.82) is 0 Å². The predicted molar refractivity (Wildman–Crippen MR) is 273 cm³/mol. The minimum Gasteiger partial charge on any atom is -0.475 e. The number of carboxylic acid groups (broad SMARTS) is 1. The lowest BCUT2D eigenvalue weighted by Crippen LogP contribution is -2.56. The summed E-state index contributed by atoms with van der Waals surface area (Å²) >= 11 is 0. The van der Waals surface area contributed by atoms with E-state index in [1.165, 1.54) is 34.6 Å². The number of carboxylic acids is 1. The first-order chi connectivity index (χ1) is 38.1. The average Bonchev–Trinajstić information content (AvgIpc) is 4.12. The van der Waals surface area contributed by atoms with E-state index in [0.717, 1.165) is 39.7 Å². The molecule has 10 heterocycles. The zero-order chi connectivity index (χ0) is 58.6. The van der Waals surface area contributed by atoms with Crippen LogP contribution in [-0.2, 0) is 18.9 Å². The number of aromatic nitrogens is 8. The number of urea groups is 2. The summed E-state index contributed by atoms with van der Waals surface area (Å²) in [5, 5.41) is 14.7. The minimum absolute atomic E-state index is 0.0180. The van der Waals surface area contributed by atoms with Crippen LogP contribution in [0.2, 0.25) is 0 Å². The van der Waals surface area contributed by atoms with E-state index in [-0.39, 0.29) is 84.4 Å². The van der Waals surface area contributed by atoms with Gasteiger partial charge in [-0.3, -0.25) is 25.2 Å². The third-order valence-corrected chi connectivity index (χ3v) is 13.3. The van der Waals surface area contributed by atoms with Crippen LogP contribution in [0.15, 0.2) is 36.9 Å². The van der Waals surface area contributed by atoms with Crippen molar-refractivity contribution in [3.63, 3.8) is 0 Å². The van der Waals surface area contributed by atoms with Gasteiger partial charge in [-0.25, -0.2) is 44.3 Å². The standard InChI is InChI=1S/C25H30F3N7O5.C21H25N7O6.C3H6F3N/c1-14(25(26,27)28)9-18(36)20-30-10-17-21(32-20)35(15-5-4-8-34(17)11-15)23(37)33-22-29-7-6-19(31-22)38-12-16-13-39-24(2,3)40-16;1-21(2)33-11-13(34-21)10-32-15-5-6-22-19(24-15)26-20(31)28-12-4-3-7-27(9-12)14-8-23-16(18(29)30)25-17(14)28;1-2(7)3(4,5)6/h6-7,10,14-16H,4-5,8-9,11-13H2,1-3H3,(H,29,31,33,37);5-6,8,12-13H,3-4,7,9-11H2,1-2H3,(H,29,30)(H,22,24,26,31);2H,7H2,1H3/t14-,15-,16-;12-,13-;2-/m001/s1. The molecule has 0 unspecified atom stereocenters. The number of fused-ring (bicyclic) bond motifs is 8. The summed E-state index contributed by atoms with van der Waals surface area (Å²) in [6.45, 7) is 13.0. The molecule has 10 rings (SSSR count). The first kappa shape index (κ1) is 59.7. The van der Waals surface area contributed by atoms with Gasteiger partial charge in [-0.1, -0.05) is 6.92 Å². The van der Waals surface area contributed by atoms with E-state index in [1.54, 1.807) is 12.1 Å². The Hall–Kier alpha value is -7.42. The van der Waals surface area contributed by atoms with E-state index in [4.69, 9.17) is 28.4 Å². The lowest BCUT2D eigenvalue weighted by atomic mass is 10.00. The Labute approximate surface area is 459 Å². The topological polar surface area (TPSA) is 310 Å². The number of aromatic carboxylic acids is 1. The lowest BCUT2D eigenvalue weighted by molar-refractivity contribution is -0.168. The van der Waals surface area contributed by atoms with Crippen LogP contribution >= 0.6 is 0 Å². The van der Waals surface area contributed by atoms with E-state index in [2.05, 4.69) is 61.1 Å². The van der Waals surface area contributed by atoms with E-state index in [9.17, 15) is 50.6 Å². The van der Waals surface area contributed by atoms with Crippen molar-refractivity contribution >= 4 is 58.7 Å².